The molecule has 0 unspecified atom stereocenters. The van der Waals surface area contributed by atoms with Crippen molar-refractivity contribution in [2.75, 3.05) is 13.2 Å². The Bertz CT molecular complexity index is 386. The van der Waals surface area contributed by atoms with Gasteiger partial charge < -0.3 is 10.4 Å². The minimum Gasteiger partial charge on any atom is -0.395 e. The second-order valence-electron chi connectivity index (χ2n) is 10.7. The van der Waals surface area contributed by atoms with Crippen molar-refractivity contribution in [1.29, 1.82) is 0 Å². The van der Waals surface area contributed by atoms with Crippen molar-refractivity contribution >= 4 is 5.91 Å². The van der Waals surface area contributed by atoms with E-state index >= 15 is 0 Å². The van der Waals surface area contributed by atoms with Crippen LogP contribution in [0.1, 0.15) is 180 Å². The number of carbonyl (C=O) groups is 1. The molecule has 0 aromatic heterocycles. The fraction of sp³-hybridized carbons (Fsp3) is 0.968. The van der Waals surface area contributed by atoms with Crippen LogP contribution >= 0.6 is 0 Å². The number of hydrogen-bond acceptors (Lipinski definition) is 2. The molecule has 0 fully saturated rings. The van der Waals surface area contributed by atoms with Crippen LogP contribution < -0.4 is 5.32 Å². The molecule has 0 radical (unpaired) electrons. The molecule has 0 aromatic carbocycles. The molecule has 1 amide bonds. The summed E-state index contributed by atoms with van der Waals surface area (Å²) in [6.45, 7) is 2.72. The van der Waals surface area contributed by atoms with Gasteiger partial charge in [0, 0.05) is 13.0 Å². The van der Waals surface area contributed by atoms with Gasteiger partial charge in [-0.1, -0.05) is 167 Å². The third-order valence-corrected chi connectivity index (χ3v) is 7.19. The fourth-order valence-corrected chi connectivity index (χ4v) is 4.89. The third-order valence-electron chi connectivity index (χ3n) is 7.19. The Balaban J connectivity index is 3.05. The number of rotatable bonds is 29. The van der Waals surface area contributed by atoms with Gasteiger partial charge in [0.25, 0.3) is 0 Å². The van der Waals surface area contributed by atoms with E-state index in [1.807, 2.05) is 0 Å². The van der Waals surface area contributed by atoms with Crippen molar-refractivity contribution in [2.45, 2.75) is 180 Å². The Morgan fingerprint density at radius 1 is 0.471 bits per heavy atom. The third kappa shape index (κ3) is 29.5. The first-order chi connectivity index (χ1) is 16.8. The van der Waals surface area contributed by atoms with E-state index in [0.717, 1.165) is 12.8 Å². The highest BCUT2D eigenvalue weighted by Gasteiger charge is 2.00. The van der Waals surface area contributed by atoms with Crippen LogP contribution in [0.25, 0.3) is 0 Å². The van der Waals surface area contributed by atoms with Crippen molar-refractivity contribution in [3.05, 3.63) is 0 Å². The SMILES string of the molecule is CCCCCCCCCCCCCCCCCCCCCCCCCCCCC(=O)NCCO. The number of aliphatic hydroxyl groups is 1. The van der Waals surface area contributed by atoms with Gasteiger partial charge in [-0.15, -0.1) is 0 Å². The number of carbonyl (C=O) groups excluding carboxylic acids is 1. The summed E-state index contributed by atoms with van der Waals surface area (Å²) in [5.41, 5.74) is 0. The quantitative estimate of drug-likeness (QED) is 0.104. The van der Waals surface area contributed by atoms with Crippen molar-refractivity contribution in [2.24, 2.45) is 0 Å². The molecule has 0 saturated carbocycles. The molecule has 204 valence electrons. The van der Waals surface area contributed by atoms with Crippen LogP contribution in [0.3, 0.4) is 0 Å². The van der Waals surface area contributed by atoms with E-state index in [1.165, 1.54) is 154 Å². The molecule has 3 nitrogen and oxygen atoms in total. The highest BCUT2D eigenvalue weighted by Crippen LogP contribution is 2.16. The van der Waals surface area contributed by atoms with Gasteiger partial charge in [0.1, 0.15) is 0 Å². The minimum absolute atomic E-state index is 0.0330. The molecule has 0 rings (SSSR count). The smallest absolute Gasteiger partial charge is 0.220 e. The molecule has 0 heterocycles. The lowest BCUT2D eigenvalue weighted by Gasteiger charge is -2.05. The van der Waals surface area contributed by atoms with Crippen LogP contribution in [0.15, 0.2) is 0 Å². The predicted molar refractivity (Wildman–Crippen MR) is 150 cm³/mol. The van der Waals surface area contributed by atoms with E-state index in [-0.39, 0.29) is 12.5 Å². The van der Waals surface area contributed by atoms with Crippen molar-refractivity contribution in [1.82, 2.24) is 5.32 Å². The second-order valence-corrected chi connectivity index (χ2v) is 10.7. The molecule has 0 aromatic rings. The molecule has 0 atom stereocenters. The summed E-state index contributed by atoms with van der Waals surface area (Å²) in [7, 11) is 0. The monoisotopic (exact) mass is 481 g/mol. The average molecular weight is 482 g/mol. The van der Waals surface area contributed by atoms with Gasteiger partial charge in [0.05, 0.1) is 6.61 Å². The largest absolute Gasteiger partial charge is 0.395 e. The summed E-state index contributed by atoms with van der Waals surface area (Å²) in [5.74, 6) is 0.0818. The molecule has 0 aliphatic heterocycles. The van der Waals surface area contributed by atoms with E-state index in [2.05, 4.69) is 12.2 Å². The zero-order chi connectivity index (χ0) is 24.8. The normalized spacial score (nSPS) is 11.2. The number of hydrogen-bond donors (Lipinski definition) is 2. The van der Waals surface area contributed by atoms with Gasteiger partial charge in [0.2, 0.25) is 5.91 Å². The van der Waals surface area contributed by atoms with Crippen LogP contribution in [0.2, 0.25) is 0 Å². The Morgan fingerprint density at radius 2 is 0.735 bits per heavy atom. The van der Waals surface area contributed by atoms with Gasteiger partial charge in [0.15, 0.2) is 0 Å². The Labute approximate surface area is 214 Å². The van der Waals surface area contributed by atoms with Crippen LogP contribution in [0, 0.1) is 0 Å². The second kappa shape index (κ2) is 30.5. The predicted octanol–water partition coefficient (Wildman–Crippen LogP) is 9.65. The maximum atomic E-state index is 11.4. The van der Waals surface area contributed by atoms with Gasteiger partial charge in [-0.25, -0.2) is 0 Å². The van der Waals surface area contributed by atoms with E-state index in [4.69, 9.17) is 5.11 Å². The van der Waals surface area contributed by atoms with Gasteiger partial charge >= 0.3 is 0 Å². The molecule has 0 bridgehead atoms. The maximum absolute atomic E-state index is 11.4. The topological polar surface area (TPSA) is 49.3 Å². The standard InChI is InChI=1S/C31H63NO2/c1-2-3-4-5-6-7-8-9-10-11-12-13-14-15-16-17-18-19-20-21-22-23-24-25-26-27-28-31(34)32-29-30-33/h33H,2-30H2,1H3,(H,32,34). The molecule has 0 aliphatic carbocycles. The van der Waals surface area contributed by atoms with Gasteiger partial charge in [-0.2, -0.15) is 0 Å². The summed E-state index contributed by atoms with van der Waals surface area (Å²) in [4.78, 5) is 11.4. The van der Waals surface area contributed by atoms with Crippen LogP contribution in [-0.4, -0.2) is 24.2 Å². The highest BCUT2D eigenvalue weighted by molar-refractivity contribution is 5.75. The van der Waals surface area contributed by atoms with E-state index in [9.17, 15) is 4.79 Å². The first kappa shape index (κ1) is 33.4. The molecule has 2 N–H and O–H groups in total. The fourth-order valence-electron chi connectivity index (χ4n) is 4.89. The minimum atomic E-state index is 0.0330. The Morgan fingerprint density at radius 3 is 1.00 bits per heavy atom. The molecule has 34 heavy (non-hydrogen) atoms. The van der Waals surface area contributed by atoms with E-state index in [1.54, 1.807) is 0 Å². The van der Waals surface area contributed by atoms with Crippen molar-refractivity contribution in [3.63, 3.8) is 0 Å². The van der Waals surface area contributed by atoms with E-state index in [0.29, 0.717) is 13.0 Å². The lowest BCUT2D eigenvalue weighted by molar-refractivity contribution is -0.121. The first-order valence-corrected chi connectivity index (χ1v) is 15.7. The zero-order valence-electron chi connectivity index (χ0n) is 23.4. The zero-order valence-corrected chi connectivity index (χ0v) is 23.4. The lowest BCUT2D eigenvalue weighted by atomic mass is 10.0. The van der Waals surface area contributed by atoms with Gasteiger partial charge in [-0.05, 0) is 6.42 Å². The maximum Gasteiger partial charge on any atom is 0.220 e. The number of amides is 1. The summed E-state index contributed by atoms with van der Waals surface area (Å²) in [5, 5.41) is 11.4. The molecule has 0 saturated heterocycles. The van der Waals surface area contributed by atoms with E-state index < -0.39 is 0 Å². The number of unbranched alkanes of at least 4 members (excludes halogenated alkanes) is 25. The Kier molecular flexibility index (Phi) is 30.0. The summed E-state index contributed by atoms with van der Waals surface area (Å²) in [6.07, 6.45) is 37.1. The van der Waals surface area contributed by atoms with Crippen LogP contribution in [0.5, 0.6) is 0 Å². The van der Waals surface area contributed by atoms with Crippen molar-refractivity contribution < 1.29 is 9.90 Å². The molecule has 0 aliphatic rings. The molecular weight excluding hydrogens is 418 g/mol. The summed E-state index contributed by atoms with van der Waals surface area (Å²) in [6, 6.07) is 0. The highest BCUT2D eigenvalue weighted by atomic mass is 16.3. The van der Waals surface area contributed by atoms with Crippen molar-refractivity contribution in [3.8, 4) is 0 Å². The lowest BCUT2D eigenvalue weighted by Crippen LogP contribution is -2.25. The van der Waals surface area contributed by atoms with Crippen LogP contribution in [-0.2, 0) is 4.79 Å². The van der Waals surface area contributed by atoms with Crippen LogP contribution in [0.4, 0.5) is 0 Å². The number of aliphatic hydroxyl groups excluding tert-OH is 1. The Hall–Kier alpha value is -0.570. The average Bonchev–Trinajstić information content (AvgIpc) is 2.84. The first-order valence-electron chi connectivity index (χ1n) is 15.7. The summed E-state index contributed by atoms with van der Waals surface area (Å²) < 4.78 is 0. The number of nitrogens with one attached hydrogen (secondary N) is 1. The summed E-state index contributed by atoms with van der Waals surface area (Å²) >= 11 is 0. The molecular formula is C31H63NO2. The molecule has 3 heteroatoms. The molecule has 0 spiro atoms. The van der Waals surface area contributed by atoms with Gasteiger partial charge in [-0.3, -0.25) is 4.79 Å².